The van der Waals surface area contributed by atoms with Gasteiger partial charge >= 0.3 is 6.09 Å². The van der Waals surface area contributed by atoms with Crippen molar-refractivity contribution in [3.05, 3.63) is 17.3 Å². The first-order valence-corrected chi connectivity index (χ1v) is 8.31. The molecule has 1 aromatic heterocycles. The standard InChI is InChI=1S/C16H25ClN4O2/c1-16(2,3)23-15(22)21-9-5-6-12(11-21)10-20(4)14-8-7-13(17)18-19-14/h7-8,12H,5-6,9-11H2,1-4H3/t12-/m0/s1. The largest absolute Gasteiger partial charge is 0.444 e. The Morgan fingerprint density at radius 3 is 2.78 bits per heavy atom. The van der Waals surface area contributed by atoms with Crippen molar-refractivity contribution in [2.75, 3.05) is 31.6 Å². The van der Waals surface area contributed by atoms with Gasteiger partial charge in [-0.1, -0.05) is 11.6 Å². The van der Waals surface area contributed by atoms with Gasteiger partial charge in [-0.15, -0.1) is 10.2 Å². The molecule has 23 heavy (non-hydrogen) atoms. The normalized spacial score (nSPS) is 18.7. The quantitative estimate of drug-likeness (QED) is 0.845. The lowest BCUT2D eigenvalue weighted by Gasteiger charge is -2.35. The number of ether oxygens (including phenoxy) is 1. The molecule has 7 heteroatoms. The number of rotatable bonds is 3. The van der Waals surface area contributed by atoms with Gasteiger partial charge in [-0.25, -0.2) is 4.79 Å². The van der Waals surface area contributed by atoms with Gasteiger partial charge in [-0.3, -0.25) is 0 Å². The third-order valence-electron chi connectivity index (χ3n) is 3.71. The third-order valence-corrected chi connectivity index (χ3v) is 3.91. The number of likely N-dealkylation sites (tertiary alicyclic amines) is 1. The summed E-state index contributed by atoms with van der Waals surface area (Å²) >= 11 is 5.76. The molecule has 0 unspecified atom stereocenters. The molecule has 128 valence electrons. The molecule has 0 spiro atoms. The molecular weight excluding hydrogens is 316 g/mol. The molecule has 0 N–H and O–H groups in total. The monoisotopic (exact) mass is 340 g/mol. The van der Waals surface area contributed by atoms with E-state index >= 15 is 0 Å². The number of aromatic nitrogens is 2. The molecule has 6 nitrogen and oxygen atoms in total. The molecule has 0 bridgehead atoms. The Hall–Kier alpha value is -1.56. The highest BCUT2D eigenvalue weighted by molar-refractivity contribution is 6.29. The molecule has 1 fully saturated rings. The van der Waals surface area contributed by atoms with Gasteiger partial charge in [0.15, 0.2) is 11.0 Å². The van der Waals surface area contributed by atoms with E-state index in [0.29, 0.717) is 17.6 Å². The fraction of sp³-hybridized carbons (Fsp3) is 0.688. The van der Waals surface area contributed by atoms with Gasteiger partial charge < -0.3 is 14.5 Å². The highest BCUT2D eigenvalue weighted by Crippen LogP contribution is 2.21. The van der Waals surface area contributed by atoms with E-state index in [1.54, 1.807) is 11.0 Å². The highest BCUT2D eigenvalue weighted by Gasteiger charge is 2.28. The fourth-order valence-corrected chi connectivity index (χ4v) is 2.80. The smallest absolute Gasteiger partial charge is 0.410 e. The fourth-order valence-electron chi connectivity index (χ4n) is 2.70. The van der Waals surface area contributed by atoms with E-state index in [4.69, 9.17) is 16.3 Å². The number of carbonyl (C=O) groups excluding carboxylic acids is 1. The molecule has 1 aliphatic heterocycles. The lowest BCUT2D eigenvalue weighted by molar-refractivity contribution is 0.0170. The lowest BCUT2D eigenvalue weighted by atomic mass is 9.98. The first-order chi connectivity index (χ1) is 10.7. The molecule has 2 rings (SSSR count). The minimum absolute atomic E-state index is 0.226. The molecule has 0 aromatic carbocycles. The van der Waals surface area contributed by atoms with Crippen LogP contribution in [-0.4, -0.2) is 53.5 Å². The van der Waals surface area contributed by atoms with Crippen molar-refractivity contribution in [1.82, 2.24) is 15.1 Å². The van der Waals surface area contributed by atoms with Gasteiger partial charge in [-0.05, 0) is 51.7 Å². The number of hydrogen-bond acceptors (Lipinski definition) is 5. The average Bonchev–Trinajstić information content (AvgIpc) is 2.46. The number of amides is 1. The van der Waals surface area contributed by atoms with Crippen LogP contribution in [0.25, 0.3) is 0 Å². The first-order valence-electron chi connectivity index (χ1n) is 7.93. The zero-order chi connectivity index (χ0) is 17.0. The molecule has 1 aliphatic rings. The number of halogens is 1. The Bertz CT molecular complexity index is 530. The van der Waals surface area contributed by atoms with Gasteiger partial charge in [0.1, 0.15) is 5.60 Å². The van der Waals surface area contributed by atoms with Gasteiger partial charge in [0.05, 0.1) is 0 Å². The average molecular weight is 341 g/mol. The molecule has 0 aliphatic carbocycles. The molecule has 1 atom stereocenters. The van der Waals surface area contributed by atoms with E-state index in [-0.39, 0.29) is 6.09 Å². The first kappa shape index (κ1) is 17.8. The molecule has 1 aromatic rings. The van der Waals surface area contributed by atoms with E-state index in [0.717, 1.165) is 31.7 Å². The van der Waals surface area contributed by atoms with Crippen LogP contribution in [0.4, 0.5) is 10.6 Å². The summed E-state index contributed by atoms with van der Waals surface area (Å²) in [6.07, 6.45) is 1.85. The summed E-state index contributed by atoms with van der Waals surface area (Å²) in [5, 5.41) is 8.34. The second-order valence-corrected chi connectivity index (χ2v) is 7.42. The van der Waals surface area contributed by atoms with Crippen LogP contribution in [-0.2, 0) is 4.74 Å². The number of carbonyl (C=O) groups is 1. The minimum Gasteiger partial charge on any atom is -0.444 e. The van der Waals surface area contributed by atoms with Crippen molar-refractivity contribution in [3.63, 3.8) is 0 Å². The van der Waals surface area contributed by atoms with Crippen LogP contribution in [0.15, 0.2) is 12.1 Å². The second-order valence-electron chi connectivity index (χ2n) is 7.03. The van der Waals surface area contributed by atoms with E-state index in [1.807, 2.05) is 38.8 Å². The van der Waals surface area contributed by atoms with Gasteiger partial charge in [0.2, 0.25) is 0 Å². The highest BCUT2D eigenvalue weighted by atomic mass is 35.5. The summed E-state index contributed by atoms with van der Waals surface area (Å²) in [4.78, 5) is 16.1. The van der Waals surface area contributed by atoms with E-state index in [1.165, 1.54) is 0 Å². The Labute approximate surface area is 142 Å². The van der Waals surface area contributed by atoms with E-state index < -0.39 is 5.60 Å². The number of hydrogen-bond donors (Lipinski definition) is 0. The molecule has 1 amide bonds. The number of piperidine rings is 1. The van der Waals surface area contributed by atoms with Crippen molar-refractivity contribution in [2.24, 2.45) is 5.92 Å². The van der Waals surface area contributed by atoms with Crippen molar-refractivity contribution >= 4 is 23.5 Å². The van der Waals surface area contributed by atoms with Crippen molar-refractivity contribution in [2.45, 2.75) is 39.2 Å². The van der Waals surface area contributed by atoms with Crippen LogP contribution in [0.1, 0.15) is 33.6 Å². The van der Waals surface area contributed by atoms with Crippen LogP contribution in [0.5, 0.6) is 0 Å². The van der Waals surface area contributed by atoms with Crippen molar-refractivity contribution in [3.8, 4) is 0 Å². The summed E-state index contributed by atoms with van der Waals surface area (Å²) in [6, 6.07) is 3.58. The molecular formula is C16H25ClN4O2. The van der Waals surface area contributed by atoms with Crippen molar-refractivity contribution in [1.29, 1.82) is 0 Å². The second kappa shape index (κ2) is 7.34. The molecule has 1 saturated heterocycles. The van der Waals surface area contributed by atoms with Crippen LogP contribution in [0.3, 0.4) is 0 Å². The van der Waals surface area contributed by atoms with Crippen LogP contribution < -0.4 is 4.90 Å². The Morgan fingerprint density at radius 1 is 1.43 bits per heavy atom. The zero-order valence-electron chi connectivity index (χ0n) is 14.3. The summed E-state index contributed by atoms with van der Waals surface area (Å²) in [7, 11) is 1.98. The lowest BCUT2D eigenvalue weighted by Crippen LogP contribution is -2.45. The summed E-state index contributed by atoms with van der Waals surface area (Å²) in [6.45, 7) is 7.95. The maximum absolute atomic E-state index is 12.2. The summed E-state index contributed by atoms with van der Waals surface area (Å²) in [5.41, 5.74) is -0.459. The Balaban J connectivity index is 1.90. The maximum Gasteiger partial charge on any atom is 0.410 e. The molecule has 2 heterocycles. The van der Waals surface area contributed by atoms with Crippen LogP contribution >= 0.6 is 11.6 Å². The molecule has 0 radical (unpaired) electrons. The van der Waals surface area contributed by atoms with Gasteiger partial charge in [-0.2, -0.15) is 0 Å². The molecule has 0 saturated carbocycles. The predicted octanol–water partition coefficient (Wildman–Crippen LogP) is 3.21. The minimum atomic E-state index is -0.459. The number of nitrogens with zero attached hydrogens (tertiary/aromatic N) is 4. The van der Waals surface area contributed by atoms with Crippen LogP contribution in [0.2, 0.25) is 5.15 Å². The summed E-state index contributed by atoms with van der Waals surface area (Å²) in [5.74, 6) is 1.17. The zero-order valence-corrected chi connectivity index (χ0v) is 15.0. The van der Waals surface area contributed by atoms with Crippen LogP contribution in [0, 0.1) is 5.92 Å². The van der Waals surface area contributed by atoms with E-state index in [9.17, 15) is 4.79 Å². The maximum atomic E-state index is 12.2. The summed E-state index contributed by atoms with van der Waals surface area (Å²) < 4.78 is 5.46. The SMILES string of the molecule is CN(C[C@@H]1CCCN(C(=O)OC(C)(C)C)C1)c1ccc(Cl)nn1. The van der Waals surface area contributed by atoms with E-state index in [2.05, 4.69) is 10.2 Å². The topological polar surface area (TPSA) is 58.6 Å². The number of anilines is 1. The van der Waals surface area contributed by atoms with Gasteiger partial charge in [0.25, 0.3) is 0 Å². The Kier molecular flexibility index (Phi) is 5.68. The van der Waals surface area contributed by atoms with Gasteiger partial charge in [0, 0.05) is 26.7 Å². The Morgan fingerprint density at radius 2 is 2.17 bits per heavy atom. The predicted molar refractivity (Wildman–Crippen MR) is 90.8 cm³/mol. The third kappa shape index (κ3) is 5.53. The van der Waals surface area contributed by atoms with Crippen molar-refractivity contribution < 1.29 is 9.53 Å².